The van der Waals surface area contributed by atoms with E-state index in [9.17, 15) is 4.79 Å². The molecule has 1 fully saturated rings. The third-order valence-corrected chi connectivity index (χ3v) is 3.86. The van der Waals surface area contributed by atoms with Crippen LogP contribution < -0.4 is 10.6 Å². The molecule has 0 bridgehead atoms. The molecule has 17 heavy (non-hydrogen) atoms. The van der Waals surface area contributed by atoms with Crippen molar-refractivity contribution in [3.63, 3.8) is 0 Å². The molecule has 0 aromatic carbocycles. The van der Waals surface area contributed by atoms with Crippen LogP contribution in [0.5, 0.6) is 0 Å². The SMILES string of the molecule is CCCNC(=O)C(C)NC1CC(OC)C1(C)C. The summed E-state index contributed by atoms with van der Waals surface area (Å²) in [6.07, 6.45) is 2.25. The quantitative estimate of drug-likeness (QED) is 0.738. The highest BCUT2D eigenvalue weighted by Crippen LogP contribution is 2.42. The molecule has 0 aromatic rings. The molecule has 1 aliphatic carbocycles. The maximum absolute atomic E-state index is 11.7. The molecular weight excluding hydrogens is 216 g/mol. The molecule has 1 rings (SSSR count). The Balaban J connectivity index is 2.38. The lowest BCUT2D eigenvalue weighted by atomic mass is 9.64. The second kappa shape index (κ2) is 5.83. The van der Waals surface area contributed by atoms with Crippen LogP contribution >= 0.6 is 0 Å². The number of hydrogen-bond donors (Lipinski definition) is 2. The molecule has 2 N–H and O–H groups in total. The fourth-order valence-corrected chi connectivity index (χ4v) is 2.35. The highest BCUT2D eigenvalue weighted by molar-refractivity contribution is 5.81. The molecule has 0 radical (unpaired) electrons. The Labute approximate surface area is 104 Å². The standard InChI is InChI=1S/C13H26N2O2/c1-6-7-14-12(16)9(2)15-10-8-11(17-5)13(10,3)4/h9-11,15H,6-8H2,1-5H3,(H,14,16). The predicted octanol–water partition coefficient (Wildman–Crippen LogP) is 1.30. The van der Waals surface area contributed by atoms with Crippen LogP contribution in [0.4, 0.5) is 0 Å². The van der Waals surface area contributed by atoms with Crippen molar-refractivity contribution in [3.8, 4) is 0 Å². The van der Waals surface area contributed by atoms with Crippen molar-refractivity contribution in [2.24, 2.45) is 5.41 Å². The number of carbonyl (C=O) groups excluding carboxylic acids is 1. The number of amides is 1. The van der Waals surface area contributed by atoms with Crippen molar-refractivity contribution < 1.29 is 9.53 Å². The lowest BCUT2D eigenvalue weighted by Gasteiger charge is -2.52. The van der Waals surface area contributed by atoms with E-state index in [1.54, 1.807) is 7.11 Å². The minimum absolute atomic E-state index is 0.0866. The number of hydrogen-bond acceptors (Lipinski definition) is 3. The van der Waals surface area contributed by atoms with Gasteiger partial charge in [-0.15, -0.1) is 0 Å². The molecule has 4 heteroatoms. The molecule has 1 aliphatic rings. The summed E-state index contributed by atoms with van der Waals surface area (Å²) >= 11 is 0. The van der Waals surface area contributed by atoms with Crippen LogP contribution in [0.1, 0.15) is 40.5 Å². The van der Waals surface area contributed by atoms with E-state index in [0.29, 0.717) is 12.1 Å². The van der Waals surface area contributed by atoms with E-state index in [-0.39, 0.29) is 17.4 Å². The first-order chi connectivity index (χ1) is 7.93. The van der Waals surface area contributed by atoms with Crippen LogP contribution in [-0.2, 0) is 9.53 Å². The van der Waals surface area contributed by atoms with Crippen molar-refractivity contribution in [2.75, 3.05) is 13.7 Å². The van der Waals surface area contributed by atoms with Crippen molar-refractivity contribution in [1.29, 1.82) is 0 Å². The van der Waals surface area contributed by atoms with Gasteiger partial charge in [-0.05, 0) is 19.8 Å². The van der Waals surface area contributed by atoms with Gasteiger partial charge in [-0.2, -0.15) is 0 Å². The maximum atomic E-state index is 11.7. The zero-order chi connectivity index (χ0) is 13.1. The Morgan fingerprint density at radius 1 is 1.53 bits per heavy atom. The van der Waals surface area contributed by atoms with Crippen molar-refractivity contribution in [1.82, 2.24) is 10.6 Å². The van der Waals surface area contributed by atoms with Crippen molar-refractivity contribution in [2.45, 2.75) is 58.7 Å². The van der Waals surface area contributed by atoms with Crippen LogP contribution in [-0.4, -0.2) is 37.7 Å². The largest absolute Gasteiger partial charge is 0.381 e. The Bertz CT molecular complexity index is 266. The van der Waals surface area contributed by atoms with Gasteiger partial charge in [-0.1, -0.05) is 20.8 Å². The summed E-state index contributed by atoms with van der Waals surface area (Å²) in [5.74, 6) is 0.0866. The number of rotatable bonds is 6. The number of ether oxygens (including phenoxy) is 1. The van der Waals surface area contributed by atoms with E-state index in [0.717, 1.165) is 19.4 Å². The van der Waals surface area contributed by atoms with Gasteiger partial charge in [-0.25, -0.2) is 0 Å². The first kappa shape index (κ1) is 14.5. The van der Waals surface area contributed by atoms with Crippen LogP contribution in [0.25, 0.3) is 0 Å². The van der Waals surface area contributed by atoms with Gasteiger partial charge < -0.3 is 15.4 Å². The highest BCUT2D eigenvalue weighted by Gasteiger charge is 2.49. The summed E-state index contributed by atoms with van der Waals surface area (Å²) in [5, 5.41) is 6.29. The summed E-state index contributed by atoms with van der Waals surface area (Å²) in [6.45, 7) is 9.08. The summed E-state index contributed by atoms with van der Waals surface area (Å²) in [6, 6.07) is 0.221. The molecular formula is C13H26N2O2. The van der Waals surface area contributed by atoms with Gasteiger partial charge in [0.1, 0.15) is 0 Å². The molecule has 0 aliphatic heterocycles. The van der Waals surface area contributed by atoms with Gasteiger partial charge in [0.2, 0.25) is 5.91 Å². The Morgan fingerprint density at radius 2 is 2.18 bits per heavy atom. The van der Waals surface area contributed by atoms with E-state index in [2.05, 4.69) is 31.4 Å². The summed E-state index contributed by atoms with van der Waals surface area (Å²) in [7, 11) is 1.75. The van der Waals surface area contributed by atoms with Gasteiger partial charge in [-0.3, -0.25) is 4.79 Å². The minimum Gasteiger partial charge on any atom is -0.381 e. The Kier molecular flexibility index (Phi) is 4.95. The van der Waals surface area contributed by atoms with E-state index in [1.807, 2.05) is 6.92 Å². The Morgan fingerprint density at radius 3 is 2.65 bits per heavy atom. The van der Waals surface area contributed by atoms with Crippen LogP contribution in [0, 0.1) is 5.41 Å². The molecule has 0 spiro atoms. The summed E-state index contributed by atoms with van der Waals surface area (Å²) in [5.41, 5.74) is 0.105. The van der Waals surface area contributed by atoms with E-state index >= 15 is 0 Å². The second-order valence-electron chi connectivity index (χ2n) is 5.51. The highest BCUT2D eigenvalue weighted by atomic mass is 16.5. The minimum atomic E-state index is -0.136. The fourth-order valence-electron chi connectivity index (χ4n) is 2.35. The zero-order valence-electron chi connectivity index (χ0n) is 11.7. The van der Waals surface area contributed by atoms with Crippen molar-refractivity contribution >= 4 is 5.91 Å². The van der Waals surface area contributed by atoms with Gasteiger partial charge in [0, 0.05) is 25.1 Å². The van der Waals surface area contributed by atoms with Crippen LogP contribution in [0.3, 0.4) is 0 Å². The number of nitrogens with one attached hydrogen (secondary N) is 2. The molecule has 1 saturated carbocycles. The summed E-state index contributed by atoms with van der Waals surface area (Å²) in [4.78, 5) is 11.7. The van der Waals surface area contributed by atoms with Gasteiger partial charge in [0.05, 0.1) is 12.1 Å². The number of carbonyl (C=O) groups is 1. The molecule has 3 unspecified atom stereocenters. The third kappa shape index (κ3) is 3.19. The molecule has 4 nitrogen and oxygen atoms in total. The average molecular weight is 242 g/mol. The first-order valence-corrected chi connectivity index (χ1v) is 6.50. The smallest absolute Gasteiger partial charge is 0.236 e. The lowest BCUT2D eigenvalue weighted by molar-refractivity contribution is -0.127. The van der Waals surface area contributed by atoms with E-state index < -0.39 is 0 Å². The summed E-state index contributed by atoms with van der Waals surface area (Å²) < 4.78 is 5.40. The van der Waals surface area contributed by atoms with Crippen LogP contribution in [0.15, 0.2) is 0 Å². The maximum Gasteiger partial charge on any atom is 0.236 e. The predicted molar refractivity (Wildman–Crippen MR) is 68.9 cm³/mol. The molecule has 0 aromatic heterocycles. The molecule has 1 amide bonds. The van der Waals surface area contributed by atoms with Gasteiger partial charge >= 0.3 is 0 Å². The molecule has 0 heterocycles. The van der Waals surface area contributed by atoms with Gasteiger partial charge in [0.15, 0.2) is 0 Å². The fraction of sp³-hybridized carbons (Fsp3) is 0.923. The number of methoxy groups -OCH3 is 1. The van der Waals surface area contributed by atoms with Gasteiger partial charge in [0.25, 0.3) is 0 Å². The normalized spacial score (nSPS) is 28.3. The zero-order valence-corrected chi connectivity index (χ0v) is 11.7. The lowest BCUT2D eigenvalue weighted by Crippen LogP contribution is -2.63. The van der Waals surface area contributed by atoms with Crippen molar-refractivity contribution in [3.05, 3.63) is 0 Å². The Hall–Kier alpha value is -0.610. The van der Waals surface area contributed by atoms with E-state index in [4.69, 9.17) is 4.74 Å². The monoisotopic (exact) mass is 242 g/mol. The second-order valence-corrected chi connectivity index (χ2v) is 5.51. The molecule has 100 valence electrons. The average Bonchev–Trinajstić information content (AvgIpc) is 2.30. The van der Waals surface area contributed by atoms with E-state index in [1.165, 1.54) is 0 Å². The molecule has 3 atom stereocenters. The topological polar surface area (TPSA) is 50.4 Å². The van der Waals surface area contributed by atoms with Crippen LogP contribution in [0.2, 0.25) is 0 Å². The molecule has 0 saturated heterocycles. The first-order valence-electron chi connectivity index (χ1n) is 6.50. The third-order valence-electron chi connectivity index (χ3n) is 3.86.